The van der Waals surface area contributed by atoms with Crippen LogP contribution in [0.4, 0.5) is 28.6 Å². The molecule has 3 aromatic rings. The van der Waals surface area contributed by atoms with Gasteiger partial charge >= 0.3 is 0 Å². The first-order valence-corrected chi connectivity index (χ1v) is 15.1. The minimum Gasteiger partial charge on any atom is -0.494 e. The smallest absolute Gasteiger partial charge is 0.247 e. The molecule has 232 valence electrons. The average Bonchev–Trinajstić information content (AvgIpc) is 3.08. The number of rotatable bonds is 11. The summed E-state index contributed by atoms with van der Waals surface area (Å²) in [6.07, 6.45) is 8.36. The van der Waals surface area contributed by atoms with Crippen molar-refractivity contribution in [3.63, 3.8) is 0 Å². The highest BCUT2D eigenvalue weighted by atomic mass is 16.5. The molecule has 0 aliphatic carbocycles. The van der Waals surface area contributed by atoms with E-state index in [0.29, 0.717) is 35.0 Å². The van der Waals surface area contributed by atoms with Crippen LogP contribution in [0, 0.1) is 5.41 Å². The topological polar surface area (TPSA) is 128 Å². The first-order valence-electron chi connectivity index (χ1n) is 15.1. The number of amides is 1. The van der Waals surface area contributed by atoms with Crippen molar-refractivity contribution in [2.24, 2.45) is 0 Å². The predicted molar refractivity (Wildman–Crippen MR) is 177 cm³/mol. The largest absolute Gasteiger partial charge is 0.494 e. The van der Waals surface area contributed by atoms with Crippen molar-refractivity contribution in [1.29, 1.82) is 5.41 Å². The van der Waals surface area contributed by atoms with Crippen molar-refractivity contribution >= 4 is 40.7 Å². The van der Waals surface area contributed by atoms with Gasteiger partial charge in [0, 0.05) is 87.6 Å². The van der Waals surface area contributed by atoms with E-state index < -0.39 is 0 Å². The number of hydrogen-bond donors (Lipinski definition) is 4. The van der Waals surface area contributed by atoms with Gasteiger partial charge in [-0.05, 0) is 43.9 Å². The third kappa shape index (κ3) is 7.00. The van der Waals surface area contributed by atoms with Crippen molar-refractivity contribution in [2.45, 2.75) is 37.8 Å². The third-order valence-electron chi connectivity index (χ3n) is 8.60. The Morgan fingerprint density at radius 3 is 2.55 bits per heavy atom. The fraction of sp³-hybridized carbons (Fsp3) is 0.394. The van der Waals surface area contributed by atoms with Crippen LogP contribution in [-0.2, 0) is 9.53 Å². The second-order valence-electron chi connectivity index (χ2n) is 11.1. The fourth-order valence-corrected chi connectivity index (χ4v) is 6.08. The van der Waals surface area contributed by atoms with Gasteiger partial charge in [-0.1, -0.05) is 18.7 Å². The van der Waals surface area contributed by atoms with E-state index in [1.54, 1.807) is 7.11 Å². The second kappa shape index (κ2) is 14.3. The van der Waals surface area contributed by atoms with Crippen LogP contribution in [0.15, 0.2) is 55.4 Å². The highest BCUT2D eigenvalue weighted by molar-refractivity contribution is 6.02. The van der Waals surface area contributed by atoms with Crippen LogP contribution in [-0.4, -0.2) is 86.6 Å². The quantitative estimate of drug-likeness (QED) is 0.175. The lowest BCUT2D eigenvalue weighted by atomic mass is 9.98. The highest BCUT2D eigenvalue weighted by Gasteiger charge is 2.29. The van der Waals surface area contributed by atoms with E-state index >= 15 is 0 Å². The zero-order chi connectivity index (χ0) is 31.1. The number of ether oxygens (including phenoxy) is 2. The number of anilines is 5. The summed E-state index contributed by atoms with van der Waals surface area (Å²) in [6, 6.07) is 12.4. The van der Waals surface area contributed by atoms with E-state index in [4.69, 9.17) is 14.9 Å². The van der Waals surface area contributed by atoms with Gasteiger partial charge < -0.3 is 40.6 Å². The molecule has 0 radical (unpaired) electrons. The van der Waals surface area contributed by atoms with Crippen LogP contribution in [0.25, 0.3) is 11.3 Å². The lowest BCUT2D eigenvalue weighted by molar-refractivity contribution is -0.111. The minimum atomic E-state index is -0.289. The van der Waals surface area contributed by atoms with E-state index in [0.717, 1.165) is 80.2 Å². The summed E-state index contributed by atoms with van der Waals surface area (Å²) in [7, 11) is 5.54. The molecule has 44 heavy (non-hydrogen) atoms. The Hall–Kier alpha value is -4.48. The molecule has 2 aliphatic rings. The molecule has 4 N–H and O–H groups in total. The summed E-state index contributed by atoms with van der Waals surface area (Å²) >= 11 is 0. The SMILES string of the molecule is C=CC(=O)Nc1cc(Nc2cc(-c3ccc(C=N)c(NC)c3)ncn2)c(OC)cc1N(C)C1CCN(C2CCOCC2)CC1. The van der Waals surface area contributed by atoms with Crippen molar-refractivity contribution in [3.05, 3.63) is 60.9 Å². The van der Waals surface area contributed by atoms with Crippen molar-refractivity contribution in [2.75, 3.05) is 68.4 Å². The highest BCUT2D eigenvalue weighted by Crippen LogP contribution is 2.40. The lowest BCUT2D eigenvalue weighted by Gasteiger charge is -2.42. The molecule has 11 nitrogen and oxygen atoms in total. The summed E-state index contributed by atoms with van der Waals surface area (Å²) in [5.41, 5.74) is 5.41. The number of nitrogens with zero attached hydrogens (tertiary/aromatic N) is 4. The van der Waals surface area contributed by atoms with Gasteiger partial charge in [0.1, 0.15) is 17.9 Å². The van der Waals surface area contributed by atoms with Crippen LogP contribution in [0.3, 0.4) is 0 Å². The molecule has 2 saturated heterocycles. The number of benzene rings is 2. The number of carbonyl (C=O) groups excluding carboxylic acids is 1. The van der Waals surface area contributed by atoms with Crippen molar-refractivity contribution in [1.82, 2.24) is 14.9 Å². The normalized spacial score (nSPS) is 16.2. The second-order valence-corrected chi connectivity index (χ2v) is 11.1. The fourth-order valence-electron chi connectivity index (χ4n) is 6.08. The molecule has 0 unspecified atom stereocenters. The molecule has 2 aromatic carbocycles. The van der Waals surface area contributed by atoms with Gasteiger partial charge in [-0.2, -0.15) is 0 Å². The molecular weight excluding hydrogens is 556 g/mol. The zero-order valence-corrected chi connectivity index (χ0v) is 25.7. The van der Waals surface area contributed by atoms with E-state index in [1.807, 2.05) is 43.4 Å². The van der Waals surface area contributed by atoms with Crippen LogP contribution < -0.4 is 25.6 Å². The summed E-state index contributed by atoms with van der Waals surface area (Å²) in [4.78, 5) is 26.3. The number of carbonyl (C=O) groups is 1. The molecule has 5 rings (SSSR count). The van der Waals surface area contributed by atoms with Crippen LogP contribution in [0.1, 0.15) is 31.2 Å². The van der Waals surface area contributed by atoms with Crippen molar-refractivity contribution in [3.8, 4) is 17.0 Å². The van der Waals surface area contributed by atoms with Gasteiger partial charge in [0.15, 0.2) is 0 Å². The molecule has 0 atom stereocenters. The van der Waals surface area contributed by atoms with Crippen LogP contribution >= 0.6 is 0 Å². The minimum absolute atomic E-state index is 0.289. The van der Waals surface area contributed by atoms with Crippen molar-refractivity contribution < 1.29 is 14.3 Å². The molecular formula is C33H42N8O3. The summed E-state index contributed by atoms with van der Waals surface area (Å²) in [5, 5.41) is 17.1. The van der Waals surface area contributed by atoms with Gasteiger partial charge in [0.25, 0.3) is 0 Å². The maximum atomic E-state index is 12.5. The van der Waals surface area contributed by atoms with Gasteiger partial charge in [-0.3, -0.25) is 4.79 Å². The maximum Gasteiger partial charge on any atom is 0.247 e. The summed E-state index contributed by atoms with van der Waals surface area (Å²) in [6.45, 7) is 7.43. The third-order valence-corrected chi connectivity index (χ3v) is 8.60. The molecule has 1 aromatic heterocycles. The monoisotopic (exact) mass is 598 g/mol. The Morgan fingerprint density at radius 2 is 1.86 bits per heavy atom. The number of methoxy groups -OCH3 is 1. The predicted octanol–water partition coefficient (Wildman–Crippen LogP) is 5.14. The molecule has 0 spiro atoms. The maximum absolute atomic E-state index is 12.5. The molecule has 2 aliphatic heterocycles. The van der Waals surface area contributed by atoms with E-state index in [-0.39, 0.29) is 5.91 Å². The molecule has 0 saturated carbocycles. The van der Waals surface area contributed by atoms with E-state index in [2.05, 4.69) is 49.3 Å². The Kier molecular flexibility index (Phi) is 10.1. The molecule has 0 bridgehead atoms. The Morgan fingerprint density at radius 1 is 1.09 bits per heavy atom. The lowest BCUT2D eigenvalue weighted by Crippen LogP contribution is -2.48. The zero-order valence-electron chi connectivity index (χ0n) is 25.7. The standard InChI is InChI=1S/C33H42N8O3/c1-5-33(42)39-28-17-29(38-32-18-27(36-21-37-32)22-6-7-23(20-34)26(16-22)35-2)31(43-4)19-30(28)40(3)24-8-12-41(13-9-24)25-10-14-44-15-11-25/h5-7,16-21,24-25,34-35H,1,8-15H2,2-4H3,(H,39,42)(H,36,37,38). The Labute approximate surface area is 259 Å². The van der Waals surface area contributed by atoms with E-state index in [1.165, 1.54) is 18.6 Å². The Bertz CT molecular complexity index is 1480. The number of piperidine rings is 1. The van der Waals surface area contributed by atoms with E-state index in [9.17, 15) is 4.79 Å². The number of hydrogen-bond acceptors (Lipinski definition) is 10. The molecule has 3 heterocycles. The van der Waals surface area contributed by atoms with Gasteiger partial charge in [0.05, 0.1) is 29.9 Å². The summed E-state index contributed by atoms with van der Waals surface area (Å²) in [5.74, 6) is 0.900. The molecule has 1 amide bonds. The molecule has 11 heteroatoms. The average molecular weight is 599 g/mol. The first-order chi connectivity index (χ1) is 21.4. The van der Waals surface area contributed by atoms with Crippen LogP contribution in [0.2, 0.25) is 0 Å². The number of aromatic nitrogens is 2. The number of likely N-dealkylation sites (tertiary alicyclic amines) is 1. The summed E-state index contributed by atoms with van der Waals surface area (Å²) < 4.78 is 11.4. The van der Waals surface area contributed by atoms with Crippen LogP contribution in [0.5, 0.6) is 5.75 Å². The van der Waals surface area contributed by atoms with Gasteiger partial charge in [-0.15, -0.1) is 0 Å². The molecule has 2 fully saturated rings. The van der Waals surface area contributed by atoms with Gasteiger partial charge in [0.2, 0.25) is 5.91 Å². The number of nitrogens with one attached hydrogen (secondary N) is 4. The van der Waals surface area contributed by atoms with Gasteiger partial charge in [-0.25, -0.2) is 9.97 Å². The Balaban J connectivity index is 1.39. The first kappa shape index (κ1) is 31.0.